The molecule has 2 rings (SSSR count). The first-order valence-corrected chi connectivity index (χ1v) is 10.6. The lowest BCUT2D eigenvalue weighted by Crippen LogP contribution is -2.39. The zero-order valence-electron chi connectivity index (χ0n) is 15.1. The van der Waals surface area contributed by atoms with E-state index < -0.39 is 16.1 Å². The highest BCUT2D eigenvalue weighted by atomic mass is 32.2. The van der Waals surface area contributed by atoms with Gasteiger partial charge in [0.05, 0.1) is 4.90 Å². The number of unbranched alkanes of at least 4 members (excludes halogenated alkanes) is 1. The van der Waals surface area contributed by atoms with Gasteiger partial charge in [0.15, 0.2) is 0 Å². The minimum atomic E-state index is -3.94. The maximum atomic E-state index is 12.2. The van der Waals surface area contributed by atoms with Crippen LogP contribution in [0.3, 0.4) is 0 Å². The Morgan fingerprint density at radius 2 is 1.73 bits per heavy atom. The van der Waals surface area contributed by atoms with Crippen LogP contribution in [0, 0.1) is 5.92 Å². The summed E-state index contributed by atoms with van der Waals surface area (Å²) in [6.45, 7) is 2.40. The summed E-state index contributed by atoms with van der Waals surface area (Å²) in [7, 11) is -3.94. The van der Waals surface area contributed by atoms with Gasteiger partial charge in [-0.25, -0.2) is 17.9 Å². The molecule has 8 heteroatoms. The molecule has 0 saturated heterocycles. The lowest BCUT2D eigenvalue weighted by atomic mass is 9.88. The number of hydrogen-bond donors (Lipinski definition) is 3. The van der Waals surface area contributed by atoms with Gasteiger partial charge in [-0.15, -0.1) is 0 Å². The fraction of sp³-hybridized carbons (Fsp3) is 0.556. The molecule has 144 valence electrons. The van der Waals surface area contributed by atoms with Gasteiger partial charge >= 0.3 is 6.03 Å². The van der Waals surface area contributed by atoms with Crippen LogP contribution in [0.25, 0.3) is 0 Å². The van der Waals surface area contributed by atoms with Crippen LogP contribution in [0.5, 0.6) is 0 Å². The van der Waals surface area contributed by atoms with E-state index in [1.54, 1.807) is 0 Å². The van der Waals surface area contributed by atoms with E-state index in [0.29, 0.717) is 12.2 Å². The van der Waals surface area contributed by atoms with Crippen LogP contribution in [-0.2, 0) is 14.8 Å². The molecule has 1 aliphatic carbocycles. The minimum Gasteiger partial charge on any atom is -0.337 e. The topological polar surface area (TPSA) is 104 Å². The number of rotatable bonds is 7. The van der Waals surface area contributed by atoms with Gasteiger partial charge in [0.1, 0.15) is 0 Å². The first-order valence-electron chi connectivity index (χ1n) is 9.14. The van der Waals surface area contributed by atoms with Crippen LogP contribution in [0.15, 0.2) is 29.2 Å². The Labute approximate surface area is 155 Å². The number of carbonyl (C=O) groups excluding carboxylic acids is 2. The van der Waals surface area contributed by atoms with Crippen LogP contribution >= 0.6 is 0 Å². The van der Waals surface area contributed by atoms with Gasteiger partial charge < -0.3 is 10.6 Å². The van der Waals surface area contributed by atoms with Crippen LogP contribution in [-0.4, -0.2) is 26.9 Å². The van der Waals surface area contributed by atoms with Crippen LogP contribution in [0.2, 0.25) is 0 Å². The number of sulfonamides is 1. The van der Waals surface area contributed by atoms with Gasteiger partial charge in [-0.1, -0.05) is 32.6 Å². The summed E-state index contributed by atoms with van der Waals surface area (Å²) in [5.74, 6) is 0.00868. The lowest BCUT2D eigenvalue weighted by molar-refractivity contribution is -0.120. The molecule has 0 aromatic heterocycles. The molecule has 0 atom stereocenters. The van der Waals surface area contributed by atoms with Gasteiger partial charge in [-0.3, -0.25) is 4.79 Å². The van der Waals surface area contributed by atoms with Gasteiger partial charge in [-0.2, -0.15) is 0 Å². The van der Waals surface area contributed by atoms with Crippen LogP contribution < -0.4 is 15.4 Å². The highest BCUT2D eigenvalue weighted by Crippen LogP contribution is 2.25. The number of benzene rings is 1. The van der Waals surface area contributed by atoms with Crippen molar-refractivity contribution >= 4 is 27.6 Å². The second-order valence-corrected chi connectivity index (χ2v) is 8.25. The minimum absolute atomic E-state index is 0.0197. The molecule has 1 saturated carbocycles. The third-order valence-corrected chi connectivity index (χ3v) is 5.80. The van der Waals surface area contributed by atoms with Gasteiger partial charge in [0.2, 0.25) is 5.91 Å². The molecule has 1 aromatic rings. The van der Waals surface area contributed by atoms with Gasteiger partial charge in [0, 0.05) is 18.2 Å². The lowest BCUT2D eigenvalue weighted by Gasteiger charge is -2.20. The third kappa shape index (κ3) is 6.01. The highest BCUT2D eigenvalue weighted by molar-refractivity contribution is 7.90. The van der Waals surface area contributed by atoms with Crippen molar-refractivity contribution in [1.29, 1.82) is 0 Å². The molecule has 0 bridgehead atoms. The molecular weight excluding hydrogens is 354 g/mol. The van der Waals surface area contributed by atoms with Crippen molar-refractivity contribution in [3.05, 3.63) is 24.3 Å². The number of anilines is 1. The Hall–Kier alpha value is -2.09. The Kier molecular flexibility index (Phi) is 7.44. The third-order valence-electron chi connectivity index (χ3n) is 4.45. The predicted molar refractivity (Wildman–Crippen MR) is 100 cm³/mol. The van der Waals surface area contributed by atoms with Crippen molar-refractivity contribution in [2.45, 2.75) is 56.8 Å². The second-order valence-electron chi connectivity index (χ2n) is 6.56. The zero-order valence-corrected chi connectivity index (χ0v) is 15.9. The predicted octanol–water partition coefficient (Wildman–Crippen LogP) is 2.99. The summed E-state index contributed by atoms with van der Waals surface area (Å²) >= 11 is 0. The molecule has 3 N–H and O–H groups in total. The quantitative estimate of drug-likeness (QED) is 0.632. The van der Waals surface area contributed by atoms with Crippen molar-refractivity contribution in [3.63, 3.8) is 0 Å². The van der Waals surface area contributed by atoms with Gasteiger partial charge in [0.25, 0.3) is 10.0 Å². The van der Waals surface area contributed by atoms with E-state index in [0.717, 1.165) is 38.5 Å². The first kappa shape index (κ1) is 20.2. The first-order chi connectivity index (χ1) is 12.4. The van der Waals surface area contributed by atoms with Crippen molar-refractivity contribution in [3.8, 4) is 0 Å². The van der Waals surface area contributed by atoms with Crippen molar-refractivity contribution in [2.24, 2.45) is 5.92 Å². The van der Waals surface area contributed by atoms with Crippen LogP contribution in [0.4, 0.5) is 10.5 Å². The van der Waals surface area contributed by atoms with Crippen molar-refractivity contribution in [1.82, 2.24) is 10.0 Å². The normalized spacial score (nSPS) is 15.3. The monoisotopic (exact) mass is 381 g/mol. The van der Waals surface area contributed by atoms with E-state index in [2.05, 4.69) is 10.6 Å². The molecule has 0 spiro atoms. The average Bonchev–Trinajstić information content (AvgIpc) is 2.62. The van der Waals surface area contributed by atoms with E-state index in [4.69, 9.17) is 0 Å². The molecule has 1 fully saturated rings. The van der Waals surface area contributed by atoms with E-state index in [-0.39, 0.29) is 16.7 Å². The number of hydrogen-bond acceptors (Lipinski definition) is 4. The molecule has 0 aliphatic heterocycles. The molecular formula is C18H27N3O4S. The average molecular weight is 381 g/mol. The van der Waals surface area contributed by atoms with E-state index >= 15 is 0 Å². The Bertz CT molecular complexity index is 710. The van der Waals surface area contributed by atoms with Crippen molar-refractivity contribution in [2.75, 3.05) is 11.9 Å². The summed E-state index contributed by atoms with van der Waals surface area (Å²) in [5.41, 5.74) is 0.548. The maximum absolute atomic E-state index is 12.2. The fourth-order valence-corrected chi connectivity index (χ4v) is 3.85. The molecule has 1 aromatic carbocycles. The molecule has 7 nitrogen and oxygen atoms in total. The number of amides is 3. The Balaban J connectivity index is 1.92. The summed E-state index contributed by atoms with van der Waals surface area (Å²) in [6, 6.07) is 5.07. The van der Waals surface area contributed by atoms with Gasteiger partial charge in [-0.05, 0) is 43.5 Å². The van der Waals surface area contributed by atoms with E-state index in [1.807, 2.05) is 11.6 Å². The summed E-state index contributed by atoms with van der Waals surface area (Å²) in [6.07, 6.45) is 6.80. The Morgan fingerprint density at radius 3 is 2.35 bits per heavy atom. The fourth-order valence-electron chi connectivity index (χ4n) is 2.92. The molecule has 0 unspecified atom stereocenters. The van der Waals surface area contributed by atoms with Crippen LogP contribution in [0.1, 0.15) is 51.9 Å². The molecule has 0 heterocycles. The van der Waals surface area contributed by atoms with E-state index in [9.17, 15) is 18.0 Å². The van der Waals surface area contributed by atoms with Crippen molar-refractivity contribution < 1.29 is 18.0 Å². The number of nitrogens with one attached hydrogen (secondary N) is 3. The SMILES string of the molecule is CCCCNC(=O)NS(=O)(=O)c1ccc(NC(=O)C2CCCCC2)cc1. The summed E-state index contributed by atoms with van der Waals surface area (Å²) in [5, 5.41) is 5.33. The molecule has 26 heavy (non-hydrogen) atoms. The number of carbonyl (C=O) groups is 2. The molecule has 1 aliphatic rings. The smallest absolute Gasteiger partial charge is 0.328 e. The summed E-state index contributed by atoms with van der Waals surface area (Å²) in [4.78, 5) is 23.8. The number of urea groups is 1. The summed E-state index contributed by atoms with van der Waals surface area (Å²) < 4.78 is 26.4. The Morgan fingerprint density at radius 1 is 1.08 bits per heavy atom. The maximum Gasteiger partial charge on any atom is 0.328 e. The second kappa shape index (κ2) is 9.56. The highest BCUT2D eigenvalue weighted by Gasteiger charge is 2.21. The molecule has 0 radical (unpaired) electrons. The zero-order chi connectivity index (χ0) is 19.0. The standard InChI is InChI=1S/C18H27N3O4S/c1-2-3-13-19-18(23)21-26(24,25)16-11-9-15(10-12-16)20-17(22)14-7-5-4-6-8-14/h9-12,14H,2-8,13H2,1H3,(H,20,22)(H2,19,21,23). The van der Waals surface area contributed by atoms with E-state index in [1.165, 1.54) is 30.7 Å². The largest absolute Gasteiger partial charge is 0.337 e. The molecule has 3 amide bonds.